The summed E-state index contributed by atoms with van der Waals surface area (Å²) in [4.78, 5) is 19.0. The Bertz CT molecular complexity index is 406. The molecule has 0 aromatic heterocycles. The van der Waals surface area contributed by atoms with E-state index in [4.69, 9.17) is 0 Å². The van der Waals surface area contributed by atoms with Crippen molar-refractivity contribution < 1.29 is 9.90 Å². The molecule has 2 amide bonds. The van der Waals surface area contributed by atoms with Gasteiger partial charge in [-0.3, -0.25) is 9.80 Å². The number of carbonyl (C=O) groups is 1. The van der Waals surface area contributed by atoms with Crippen molar-refractivity contribution in [3.63, 3.8) is 0 Å². The van der Waals surface area contributed by atoms with E-state index in [2.05, 4.69) is 36.0 Å². The average Bonchev–Trinajstić information content (AvgIpc) is 3.26. The zero-order chi connectivity index (χ0) is 17.2. The molecule has 0 aromatic carbocycles. The van der Waals surface area contributed by atoms with Gasteiger partial charge in [-0.25, -0.2) is 4.79 Å². The Hall–Kier alpha value is -0.850. The first-order valence-corrected chi connectivity index (χ1v) is 8.88. The van der Waals surface area contributed by atoms with E-state index in [1.807, 2.05) is 18.7 Å². The first kappa shape index (κ1) is 18.5. The van der Waals surface area contributed by atoms with Crippen LogP contribution in [0.2, 0.25) is 0 Å². The molecule has 23 heavy (non-hydrogen) atoms. The number of hydrogen-bond donors (Lipinski definition) is 2. The number of β-amino-alcohol motifs (C(OH)–C–C–N with tert-alkyl or cyclic N) is 1. The molecule has 2 fully saturated rings. The van der Waals surface area contributed by atoms with E-state index in [9.17, 15) is 9.90 Å². The highest BCUT2D eigenvalue weighted by Crippen LogP contribution is 2.26. The lowest BCUT2D eigenvalue weighted by molar-refractivity contribution is 0.0118. The molecular formula is C17H34N4O2. The lowest BCUT2D eigenvalue weighted by Crippen LogP contribution is -2.59. The van der Waals surface area contributed by atoms with Crippen LogP contribution in [-0.2, 0) is 0 Å². The van der Waals surface area contributed by atoms with Gasteiger partial charge in [-0.2, -0.15) is 0 Å². The van der Waals surface area contributed by atoms with Crippen LogP contribution in [0, 0.1) is 0 Å². The van der Waals surface area contributed by atoms with Gasteiger partial charge in [-0.05, 0) is 47.6 Å². The van der Waals surface area contributed by atoms with Crippen LogP contribution < -0.4 is 5.32 Å². The fourth-order valence-electron chi connectivity index (χ4n) is 3.35. The smallest absolute Gasteiger partial charge is 0.317 e. The SMILES string of the molecule is C[C@H]1CN(CC(C)(C)O)CCN1C(=O)NC[C@H](C)N(C)C1CC1. The maximum Gasteiger partial charge on any atom is 0.317 e. The minimum Gasteiger partial charge on any atom is -0.389 e. The summed E-state index contributed by atoms with van der Waals surface area (Å²) in [5.41, 5.74) is -0.688. The van der Waals surface area contributed by atoms with Gasteiger partial charge < -0.3 is 15.3 Å². The van der Waals surface area contributed by atoms with Crippen LogP contribution >= 0.6 is 0 Å². The van der Waals surface area contributed by atoms with Crippen molar-refractivity contribution in [3.8, 4) is 0 Å². The number of piperazine rings is 1. The molecule has 2 N–H and O–H groups in total. The van der Waals surface area contributed by atoms with Crippen molar-refractivity contribution in [2.45, 2.75) is 64.3 Å². The number of likely N-dealkylation sites (N-methyl/N-ethyl adjacent to an activating group) is 1. The number of carbonyl (C=O) groups excluding carboxylic acids is 1. The number of nitrogens with zero attached hydrogens (tertiary/aromatic N) is 3. The molecule has 6 heteroatoms. The molecule has 1 heterocycles. The number of aliphatic hydroxyl groups is 1. The monoisotopic (exact) mass is 326 g/mol. The largest absolute Gasteiger partial charge is 0.389 e. The number of hydrogen-bond acceptors (Lipinski definition) is 4. The third kappa shape index (κ3) is 5.62. The highest BCUT2D eigenvalue weighted by molar-refractivity contribution is 5.74. The van der Waals surface area contributed by atoms with Gasteiger partial charge in [0, 0.05) is 50.8 Å². The second-order valence-electron chi connectivity index (χ2n) is 8.02. The highest BCUT2D eigenvalue weighted by Gasteiger charge is 2.31. The summed E-state index contributed by atoms with van der Waals surface area (Å²) in [5, 5.41) is 13.0. The Morgan fingerprint density at radius 3 is 2.57 bits per heavy atom. The van der Waals surface area contributed by atoms with Crippen molar-refractivity contribution in [2.24, 2.45) is 0 Å². The molecule has 0 spiro atoms. The Morgan fingerprint density at radius 2 is 2.04 bits per heavy atom. The van der Waals surface area contributed by atoms with Gasteiger partial charge in [0.05, 0.1) is 5.60 Å². The Labute approximate surface area is 140 Å². The third-order valence-electron chi connectivity index (χ3n) is 4.95. The molecule has 0 radical (unpaired) electrons. The van der Waals surface area contributed by atoms with Crippen LogP contribution in [0.1, 0.15) is 40.5 Å². The van der Waals surface area contributed by atoms with Crippen LogP contribution in [0.25, 0.3) is 0 Å². The van der Waals surface area contributed by atoms with E-state index in [1.54, 1.807) is 0 Å². The zero-order valence-corrected chi connectivity index (χ0v) is 15.4. The van der Waals surface area contributed by atoms with Gasteiger partial charge in [0.15, 0.2) is 0 Å². The molecule has 2 atom stereocenters. The van der Waals surface area contributed by atoms with E-state index >= 15 is 0 Å². The Morgan fingerprint density at radius 1 is 1.39 bits per heavy atom. The summed E-state index contributed by atoms with van der Waals surface area (Å²) in [6.45, 7) is 11.6. The van der Waals surface area contributed by atoms with Crippen molar-refractivity contribution in [2.75, 3.05) is 39.8 Å². The first-order chi connectivity index (χ1) is 10.7. The Kier molecular flexibility index (Phi) is 5.92. The van der Waals surface area contributed by atoms with Crippen molar-refractivity contribution >= 4 is 6.03 Å². The molecule has 1 saturated carbocycles. The molecule has 0 unspecified atom stereocenters. The van der Waals surface area contributed by atoms with Gasteiger partial charge in [-0.1, -0.05) is 0 Å². The number of urea groups is 1. The minimum absolute atomic E-state index is 0.0384. The zero-order valence-electron chi connectivity index (χ0n) is 15.4. The van der Waals surface area contributed by atoms with E-state index in [0.717, 1.165) is 19.6 Å². The minimum atomic E-state index is -0.688. The summed E-state index contributed by atoms with van der Waals surface area (Å²) in [5.74, 6) is 0. The molecule has 1 aliphatic carbocycles. The molecule has 134 valence electrons. The number of rotatable bonds is 6. The molecule has 6 nitrogen and oxygen atoms in total. The van der Waals surface area contributed by atoms with Crippen molar-refractivity contribution in [1.82, 2.24) is 20.0 Å². The van der Waals surface area contributed by atoms with Gasteiger partial charge in [0.25, 0.3) is 0 Å². The van der Waals surface area contributed by atoms with Crippen LogP contribution in [-0.4, -0.2) is 89.3 Å². The summed E-state index contributed by atoms with van der Waals surface area (Å²) >= 11 is 0. The van der Waals surface area contributed by atoms with E-state index in [-0.39, 0.29) is 12.1 Å². The maximum absolute atomic E-state index is 12.4. The second-order valence-corrected chi connectivity index (χ2v) is 8.02. The lowest BCUT2D eigenvalue weighted by atomic mass is 10.1. The van der Waals surface area contributed by atoms with Gasteiger partial charge in [-0.15, -0.1) is 0 Å². The van der Waals surface area contributed by atoms with Crippen LogP contribution in [0.3, 0.4) is 0 Å². The standard InChI is InChI=1S/C17H34N4O2/c1-13(19(5)15-6-7-15)10-18-16(22)21-9-8-20(11-14(21)2)12-17(3,4)23/h13-15,23H,6-12H2,1-5H3,(H,18,22)/t13-,14-/m0/s1. The number of amides is 2. The van der Waals surface area contributed by atoms with Crippen LogP contribution in [0.4, 0.5) is 4.79 Å². The lowest BCUT2D eigenvalue weighted by Gasteiger charge is -2.41. The third-order valence-corrected chi connectivity index (χ3v) is 4.95. The molecule has 1 saturated heterocycles. The predicted octanol–water partition coefficient (Wildman–Crippen LogP) is 0.956. The molecule has 2 aliphatic rings. The summed E-state index contributed by atoms with van der Waals surface area (Å²) < 4.78 is 0. The quantitative estimate of drug-likeness (QED) is 0.763. The fourth-order valence-corrected chi connectivity index (χ4v) is 3.35. The van der Waals surface area contributed by atoms with E-state index in [0.29, 0.717) is 25.2 Å². The Balaban J connectivity index is 1.74. The van der Waals surface area contributed by atoms with E-state index in [1.165, 1.54) is 12.8 Å². The second kappa shape index (κ2) is 7.36. The van der Waals surface area contributed by atoms with Crippen LogP contribution in [0.15, 0.2) is 0 Å². The number of nitrogens with one attached hydrogen (secondary N) is 1. The maximum atomic E-state index is 12.4. The topological polar surface area (TPSA) is 59.1 Å². The van der Waals surface area contributed by atoms with Crippen molar-refractivity contribution in [1.29, 1.82) is 0 Å². The van der Waals surface area contributed by atoms with Crippen molar-refractivity contribution in [3.05, 3.63) is 0 Å². The summed E-state index contributed by atoms with van der Waals surface area (Å²) in [6, 6.07) is 1.29. The van der Waals surface area contributed by atoms with Gasteiger partial charge in [0.1, 0.15) is 0 Å². The normalized spacial score (nSPS) is 24.8. The molecule has 0 aromatic rings. The van der Waals surface area contributed by atoms with Crippen LogP contribution in [0.5, 0.6) is 0 Å². The summed E-state index contributed by atoms with van der Waals surface area (Å²) in [7, 11) is 2.15. The molecule has 2 rings (SSSR count). The summed E-state index contributed by atoms with van der Waals surface area (Å²) in [6.07, 6.45) is 2.57. The molecule has 0 bridgehead atoms. The fraction of sp³-hybridized carbons (Fsp3) is 0.941. The predicted molar refractivity (Wildman–Crippen MR) is 92.6 cm³/mol. The molecular weight excluding hydrogens is 292 g/mol. The average molecular weight is 326 g/mol. The molecule has 1 aliphatic heterocycles. The highest BCUT2D eigenvalue weighted by atomic mass is 16.3. The van der Waals surface area contributed by atoms with Gasteiger partial charge >= 0.3 is 6.03 Å². The van der Waals surface area contributed by atoms with E-state index < -0.39 is 5.60 Å². The van der Waals surface area contributed by atoms with Gasteiger partial charge in [0.2, 0.25) is 0 Å². The first-order valence-electron chi connectivity index (χ1n) is 8.88.